The molecule has 2 heterocycles. The van der Waals surface area contributed by atoms with E-state index in [1.165, 1.54) is 0 Å². The van der Waals surface area contributed by atoms with Crippen LogP contribution in [0.1, 0.15) is 12.6 Å². The molecule has 0 amide bonds. The number of halogens is 1. The van der Waals surface area contributed by atoms with Crippen molar-refractivity contribution in [2.75, 3.05) is 6.61 Å². The maximum atomic E-state index is 5.71. The van der Waals surface area contributed by atoms with Crippen molar-refractivity contribution in [1.29, 1.82) is 0 Å². The predicted molar refractivity (Wildman–Crippen MR) is 83.9 cm³/mol. The lowest BCUT2D eigenvalue weighted by Crippen LogP contribution is -1.90. The summed E-state index contributed by atoms with van der Waals surface area (Å²) in [6, 6.07) is 5.83. The number of hydrogen-bond acceptors (Lipinski definition) is 5. The molecule has 0 fully saturated rings. The molecular formula is C14H13ClN4OS. The number of hydrogen-bond donors (Lipinski definition) is 1. The zero-order chi connectivity index (χ0) is 14.7. The molecule has 7 heteroatoms. The van der Waals surface area contributed by atoms with Gasteiger partial charge >= 0.3 is 0 Å². The molecule has 0 aliphatic rings. The van der Waals surface area contributed by atoms with Crippen LogP contribution in [0.3, 0.4) is 0 Å². The zero-order valence-electron chi connectivity index (χ0n) is 11.3. The first-order chi connectivity index (χ1) is 10.2. The normalized spacial score (nSPS) is 11.0. The molecule has 3 rings (SSSR count). The molecule has 3 aromatic rings. The Kier molecular flexibility index (Phi) is 4.26. The van der Waals surface area contributed by atoms with Crippen LogP contribution in [0.15, 0.2) is 35.7 Å². The van der Waals surface area contributed by atoms with Crippen LogP contribution in [0.5, 0.6) is 5.75 Å². The lowest BCUT2D eigenvalue weighted by Gasteiger charge is -2.00. The van der Waals surface area contributed by atoms with Crippen LogP contribution in [0, 0.1) is 0 Å². The van der Waals surface area contributed by atoms with Crippen molar-refractivity contribution in [2.45, 2.75) is 17.8 Å². The second kappa shape index (κ2) is 6.32. The highest BCUT2D eigenvalue weighted by Crippen LogP contribution is 2.25. The number of benzene rings is 1. The molecular weight excluding hydrogens is 308 g/mol. The fourth-order valence-corrected chi connectivity index (χ4v) is 2.72. The van der Waals surface area contributed by atoms with Gasteiger partial charge in [0.25, 0.3) is 0 Å². The fraction of sp³-hybridized carbons (Fsp3) is 0.214. The molecule has 21 heavy (non-hydrogen) atoms. The van der Waals surface area contributed by atoms with Gasteiger partial charge in [-0.2, -0.15) is 0 Å². The minimum atomic E-state index is 0.399. The number of fused-ring (bicyclic) bond motifs is 1. The summed E-state index contributed by atoms with van der Waals surface area (Å²) in [7, 11) is 0. The SMILES string of the molecule is CCOc1ccc2nc(SCc3cnc(Cl)cn3)[nH]c2c1. The maximum Gasteiger partial charge on any atom is 0.166 e. The molecule has 0 unspecified atom stereocenters. The van der Waals surface area contributed by atoms with E-state index in [9.17, 15) is 0 Å². The fourth-order valence-electron chi connectivity index (χ4n) is 1.85. The van der Waals surface area contributed by atoms with Crippen molar-refractivity contribution in [3.05, 3.63) is 41.4 Å². The third-order valence-corrected chi connectivity index (χ3v) is 3.88. The van der Waals surface area contributed by atoms with Gasteiger partial charge in [-0.1, -0.05) is 23.4 Å². The van der Waals surface area contributed by atoms with Crippen LogP contribution >= 0.6 is 23.4 Å². The smallest absolute Gasteiger partial charge is 0.166 e. The van der Waals surface area contributed by atoms with Crippen LogP contribution in [-0.4, -0.2) is 26.5 Å². The Balaban J connectivity index is 1.73. The van der Waals surface area contributed by atoms with E-state index in [-0.39, 0.29) is 0 Å². The van der Waals surface area contributed by atoms with Crippen molar-refractivity contribution < 1.29 is 4.74 Å². The summed E-state index contributed by atoms with van der Waals surface area (Å²) < 4.78 is 5.48. The third kappa shape index (κ3) is 3.46. The average molecular weight is 321 g/mol. The minimum absolute atomic E-state index is 0.399. The Morgan fingerprint density at radius 1 is 1.29 bits per heavy atom. The van der Waals surface area contributed by atoms with Crippen molar-refractivity contribution in [3.8, 4) is 5.75 Å². The first-order valence-corrected chi connectivity index (χ1v) is 7.83. The number of rotatable bonds is 5. The van der Waals surface area contributed by atoms with E-state index in [1.54, 1.807) is 24.2 Å². The van der Waals surface area contributed by atoms with Gasteiger partial charge in [0, 0.05) is 11.8 Å². The lowest BCUT2D eigenvalue weighted by molar-refractivity contribution is 0.340. The Labute approximate surface area is 131 Å². The monoisotopic (exact) mass is 320 g/mol. The van der Waals surface area contributed by atoms with E-state index >= 15 is 0 Å². The highest BCUT2D eigenvalue weighted by Gasteiger charge is 2.06. The topological polar surface area (TPSA) is 63.7 Å². The molecule has 108 valence electrons. The number of thioether (sulfide) groups is 1. The first kappa shape index (κ1) is 14.2. The Morgan fingerprint density at radius 3 is 2.95 bits per heavy atom. The molecule has 0 bridgehead atoms. The minimum Gasteiger partial charge on any atom is -0.494 e. The van der Waals surface area contributed by atoms with E-state index in [1.807, 2.05) is 25.1 Å². The van der Waals surface area contributed by atoms with Crippen LogP contribution in [0.4, 0.5) is 0 Å². The summed E-state index contributed by atoms with van der Waals surface area (Å²) in [5.74, 6) is 1.52. The molecule has 5 nitrogen and oxygen atoms in total. The number of aromatic amines is 1. The summed E-state index contributed by atoms with van der Waals surface area (Å²) in [5, 5.41) is 1.24. The van der Waals surface area contributed by atoms with Crippen molar-refractivity contribution >= 4 is 34.4 Å². The van der Waals surface area contributed by atoms with Gasteiger partial charge in [-0.15, -0.1) is 0 Å². The molecule has 0 aliphatic heterocycles. The standard InChI is InChI=1S/C14H13ClN4OS/c1-2-20-10-3-4-11-12(5-10)19-14(18-11)21-8-9-6-17-13(15)7-16-9/h3-7H,2,8H2,1H3,(H,18,19). The molecule has 0 radical (unpaired) electrons. The van der Waals surface area contributed by atoms with E-state index < -0.39 is 0 Å². The Morgan fingerprint density at radius 2 is 2.19 bits per heavy atom. The quantitative estimate of drug-likeness (QED) is 0.726. The van der Waals surface area contributed by atoms with Crippen molar-refractivity contribution in [2.24, 2.45) is 0 Å². The molecule has 1 N–H and O–H groups in total. The Bertz CT molecular complexity index is 744. The predicted octanol–water partition coefficient (Wildman–Crippen LogP) is 3.70. The molecule has 1 aromatic carbocycles. The van der Waals surface area contributed by atoms with Gasteiger partial charge < -0.3 is 9.72 Å². The summed E-state index contributed by atoms with van der Waals surface area (Å²) >= 11 is 7.28. The van der Waals surface area contributed by atoms with Crippen molar-refractivity contribution in [3.63, 3.8) is 0 Å². The summed E-state index contributed by atoms with van der Waals surface area (Å²) in [4.78, 5) is 16.0. The van der Waals surface area contributed by atoms with Crippen LogP contribution in [-0.2, 0) is 5.75 Å². The highest BCUT2D eigenvalue weighted by atomic mass is 35.5. The number of imidazole rings is 1. The summed E-state index contributed by atoms with van der Waals surface area (Å²) in [5.41, 5.74) is 2.74. The second-order valence-electron chi connectivity index (χ2n) is 4.27. The van der Waals surface area contributed by atoms with Gasteiger partial charge in [0.2, 0.25) is 0 Å². The van der Waals surface area contributed by atoms with E-state index in [0.717, 1.165) is 27.6 Å². The number of aromatic nitrogens is 4. The average Bonchev–Trinajstić information content (AvgIpc) is 2.89. The Hall–Kier alpha value is -1.79. The summed E-state index contributed by atoms with van der Waals surface area (Å²) in [6.45, 7) is 2.61. The third-order valence-electron chi connectivity index (χ3n) is 2.77. The van der Waals surface area contributed by atoms with Gasteiger partial charge in [-0.25, -0.2) is 9.97 Å². The van der Waals surface area contributed by atoms with Crippen LogP contribution < -0.4 is 4.74 Å². The number of H-pyrrole nitrogens is 1. The van der Waals surface area contributed by atoms with Crippen LogP contribution in [0.2, 0.25) is 5.15 Å². The zero-order valence-corrected chi connectivity index (χ0v) is 12.9. The number of nitrogens with one attached hydrogen (secondary N) is 1. The highest BCUT2D eigenvalue weighted by molar-refractivity contribution is 7.98. The van der Waals surface area contributed by atoms with Gasteiger partial charge in [-0.05, 0) is 19.1 Å². The molecule has 0 atom stereocenters. The molecule has 0 saturated heterocycles. The summed E-state index contributed by atoms with van der Waals surface area (Å²) in [6.07, 6.45) is 3.22. The van der Waals surface area contributed by atoms with Crippen molar-refractivity contribution in [1.82, 2.24) is 19.9 Å². The largest absolute Gasteiger partial charge is 0.494 e. The number of nitrogens with zero attached hydrogens (tertiary/aromatic N) is 3. The number of ether oxygens (including phenoxy) is 1. The van der Waals surface area contributed by atoms with Gasteiger partial charge in [0.1, 0.15) is 10.9 Å². The van der Waals surface area contributed by atoms with Crippen LogP contribution in [0.25, 0.3) is 11.0 Å². The first-order valence-electron chi connectivity index (χ1n) is 6.46. The second-order valence-corrected chi connectivity index (χ2v) is 5.62. The van der Waals surface area contributed by atoms with Gasteiger partial charge in [0.15, 0.2) is 5.16 Å². The van der Waals surface area contributed by atoms with E-state index in [2.05, 4.69) is 19.9 Å². The molecule has 0 aliphatic carbocycles. The maximum absolute atomic E-state index is 5.71. The lowest BCUT2D eigenvalue weighted by atomic mass is 10.3. The van der Waals surface area contributed by atoms with Gasteiger partial charge in [0.05, 0.1) is 35.7 Å². The molecule has 2 aromatic heterocycles. The van der Waals surface area contributed by atoms with E-state index in [0.29, 0.717) is 17.5 Å². The van der Waals surface area contributed by atoms with E-state index in [4.69, 9.17) is 16.3 Å². The molecule has 0 saturated carbocycles. The molecule has 0 spiro atoms. The van der Waals surface area contributed by atoms with Gasteiger partial charge in [-0.3, -0.25) is 4.98 Å².